The van der Waals surface area contributed by atoms with Crippen LogP contribution in [0.2, 0.25) is 0 Å². The zero-order valence-corrected chi connectivity index (χ0v) is 10.9. The van der Waals surface area contributed by atoms with Crippen molar-refractivity contribution >= 4 is 21.6 Å². The summed E-state index contributed by atoms with van der Waals surface area (Å²) in [5, 5.41) is 2.65. The Morgan fingerprint density at radius 1 is 1.24 bits per heavy atom. The molecule has 0 aliphatic carbocycles. The molecule has 0 saturated heterocycles. The Kier molecular flexibility index (Phi) is 4.25. The number of rotatable bonds is 4. The third-order valence-electron chi connectivity index (χ3n) is 2.24. The van der Waals surface area contributed by atoms with Crippen LogP contribution in [0.25, 0.3) is 0 Å². The highest BCUT2D eigenvalue weighted by Gasteiger charge is 2.16. The molecule has 0 heterocycles. The standard InChI is InChI=1S/C11H16N2O3S/c1-4-11(14)12-9-5-7-10(8-6-9)17(15,16)13(2)3/h5-8H,4H2,1-3H3,(H,12,14). The van der Waals surface area contributed by atoms with Gasteiger partial charge in [0.1, 0.15) is 0 Å². The Hall–Kier alpha value is -1.40. The molecule has 94 valence electrons. The van der Waals surface area contributed by atoms with Crippen LogP contribution < -0.4 is 5.32 Å². The number of hydrogen-bond acceptors (Lipinski definition) is 3. The van der Waals surface area contributed by atoms with E-state index in [2.05, 4.69) is 5.32 Å². The minimum Gasteiger partial charge on any atom is -0.326 e. The topological polar surface area (TPSA) is 66.5 Å². The number of hydrogen-bond donors (Lipinski definition) is 1. The number of carbonyl (C=O) groups excluding carboxylic acids is 1. The minimum atomic E-state index is -3.41. The van der Waals surface area contributed by atoms with Crippen molar-refractivity contribution in [3.05, 3.63) is 24.3 Å². The van der Waals surface area contributed by atoms with Crippen molar-refractivity contribution in [1.29, 1.82) is 0 Å². The van der Waals surface area contributed by atoms with Gasteiger partial charge >= 0.3 is 0 Å². The van der Waals surface area contributed by atoms with Gasteiger partial charge in [0.15, 0.2) is 0 Å². The number of sulfonamides is 1. The molecular formula is C11H16N2O3S. The lowest BCUT2D eigenvalue weighted by molar-refractivity contribution is -0.115. The van der Waals surface area contributed by atoms with Crippen molar-refractivity contribution in [3.63, 3.8) is 0 Å². The first kappa shape index (κ1) is 13.7. The molecule has 0 fully saturated rings. The third-order valence-corrected chi connectivity index (χ3v) is 4.07. The molecule has 1 aromatic carbocycles. The summed E-state index contributed by atoms with van der Waals surface area (Å²) >= 11 is 0. The Morgan fingerprint density at radius 3 is 2.18 bits per heavy atom. The van der Waals surface area contributed by atoms with Gasteiger partial charge in [-0.25, -0.2) is 12.7 Å². The van der Waals surface area contributed by atoms with Crippen molar-refractivity contribution in [1.82, 2.24) is 4.31 Å². The fraction of sp³-hybridized carbons (Fsp3) is 0.364. The number of anilines is 1. The lowest BCUT2D eigenvalue weighted by Gasteiger charge is -2.11. The Bertz CT molecular complexity index is 492. The number of nitrogens with zero attached hydrogens (tertiary/aromatic N) is 1. The van der Waals surface area contributed by atoms with Crippen molar-refractivity contribution < 1.29 is 13.2 Å². The van der Waals surface area contributed by atoms with Gasteiger partial charge in [-0.05, 0) is 24.3 Å². The molecular weight excluding hydrogens is 240 g/mol. The maximum absolute atomic E-state index is 11.8. The highest BCUT2D eigenvalue weighted by molar-refractivity contribution is 7.89. The number of carbonyl (C=O) groups is 1. The van der Waals surface area contributed by atoms with Crippen molar-refractivity contribution in [2.24, 2.45) is 0 Å². The highest BCUT2D eigenvalue weighted by atomic mass is 32.2. The summed E-state index contributed by atoms with van der Waals surface area (Å²) in [6.07, 6.45) is 0.387. The fourth-order valence-corrected chi connectivity index (χ4v) is 2.07. The molecule has 0 aliphatic rings. The van der Waals surface area contributed by atoms with E-state index in [1.165, 1.54) is 26.2 Å². The second-order valence-corrected chi connectivity index (χ2v) is 5.87. The molecule has 6 heteroatoms. The molecule has 0 bridgehead atoms. The lowest BCUT2D eigenvalue weighted by atomic mass is 10.3. The predicted octanol–water partition coefficient (Wildman–Crippen LogP) is 1.29. The summed E-state index contributed by atoms with van der Waals surface area (Å²) in [5.74, 6) is -0.104. The highest BCUT2D eigenvalue weighted by Crippen LogP contribution is 2.16. The molecule has 1 aromatic rings. The van der Waals surface area contributed by atoms with Crippen molar-refractivity contribution in [3.8, 4) is 0 Å². The molecule has 1 N–H and O–H groups in total. The predicted molar refractivity (Wildman–Crippen MR) is 66.2 cm³/mol. The van der Waals surface area contributed by atoms with Crippen LogP contribution in [0.15, 0.2) is 29.2 Å². The summed E-state index contributed by atoms with van der Waals surface area (Å²) < 4.78 is 24.7. The minimum absolute atomic E-state index is 0.104. The van der Waals surface area contributed by atoms with Crippen LogP contribution in [0.5, 0.6) is 0 Å². The maximum atomic E-state index is 11.8. The third kappa shape index (κ3) is 3.28. The largest absolute Gasteiger partial charge is 0.326 e. The molecule has 0 aromatic heterocycles. The SMILES string of the molecule is CCC(=O)Nc1ccc(S(=O)(=O)N(C)C)cc1. The molecule has 5 nitrogen and oxygen atoms in total. The van der Waals surface area contributed by atoms with Crippen molar-refractivity contribution in [2.75, 3.05) is 19.4 Å². The first-order chi connectivity index (χ1) is 7.87. The van der Waals surface area contributed by atoms with Gasteiger partial charge in [-0.15, -0.1) is 0 Å². The zero-order valence-electron chi connectivity index (χ0n) is 10.1. The fourth-order valence-electron chi connectivity index (χ4n) is 1.17. The summed E-state index contributed by atoms with van der Waals surface area (Å²) in [7, 11) is -0.458. The van der Waals surface area contributed by atoms with E-state index in [-0.39, 0.29) is 10.8 Å². The van der Waals surface area contributed by atoms with Gasteiger partial charge in [-0.1, -0.05) is 6.92 Å². The van der Waals surface area contributed by atoms with Gasteiger partial charge in [0.2, 0.25) is 15.9 Å². The van der Waals surface area contributed by atoms with E-state index in [1.54, 1.807) is 19.1 Å². The average Bonchev–Trinajstić information content (AvgIpc) is 2.29. The molecule has 17 heavy (non-hydrogen) atoms. The van der Waals surface area contributed by atoms with Crippen LogP contribution in [0, 0.1) is 0 Å². The first-order valence-corrected chi connectivity index (χ1v) is 6.64. The molecule has 0 saturated carbocycles. The summed E-state index contributed by atoms with van der Waals surface area (Å²) in [4.78, 5) is 11.3. The molecule has 0 unspecified atom stereocenters. The van der Waals surface area contributed by atoms with Gasteiger partial charge in [-0.3, -0.25) is 4.79 Å². The van der Waals surface area contributed by atoms with Crippen LogP contribution >= 0.6 is 0 Å². The van der Waals surface area contributed by atoms with E-state index >= 15 is 0 Å². The average molecular weight is 256 g/mol. The Balaban J connectivity index is 2.93. The molecule has 0 spiro atoms. The monoisotopic (exact) mass is 256 g/mol. The molecule has 0 radical (unpaired) electrons. The van der Waals surface area contributed by atoms with Crippen LogP contribution in [0.1, 0.15) is 13.3 Å². The summed E-state index contributed by atoms with van der Waals surface area (Å²) in [6, 6.07) is 6.09. The van der Waals surface area contributed by atoms with Gasteiger partial charge in [0.05, 0.1) is 4.90 Å². The van der Waals surface area contributed by atoms with E-state index in [0.717, 1.165) is 4.31 Å². The van der Waals surface area contributed by atoms with E-state index < -0.39 is 10.0 Å². The Labute approximate surface area is 101 Å². The van der Waals surface area contributed by atoms with Gasteiger partial charge in [0, 0.05) is 26.2 Å². The van der Waals surface area contributed by atoms with Crippen LogP contribution in [-0.4, -0.2) is 32.7 Å². The van der Waals surface area contributed by atoms with Crippen LogP contribution in [-0.2, 0) is 14.8 Å². The smallest absolute Gasteiger partial charge is 0.242 e. The Morgan fingerprint density at radius 2 is 1.76 bits per heavy atom. The number of amides is 1. The molecule has 1 amide bonds. The second-order valence-electron chi connectivity index (χ2n) is 3.71. The van der Waals surface area contributed by atoms with E-state index in [4.69, 9.17) is 0 Å². The normalized spacial score (nSPS) is 11.5. The number of benzene rings is 1. The van der Waals surface area contributed by atoms with Gasteiger partial charge in [-0.2, -0.15) is 0 Å². The van der Waals surface area contributed by atoms with Gasteiger partial charge in [0.25, 0.3) is 0 Å². The molecule has 1 rings (SSSR count). The maximum Gasteiger partial charge on any atom is 0.242 e. The zero-order chi connectivity index (χ0) is 13.1. The van der Waals surface area contributed by atoms with E-state index in [1.807, 2.05) is 0 Å². The van der Waals surface area contributed by atoms with Gasteiger partial charge < -0.3 is 5.32 Å². The number of nitrogens with one attached hydrogen (secondary N) is 1. The van der Waals surface area contributed by atoms with Crippen LogP contribution in [0.3, 0.4) is 0 Å². The van der Waals surface area contributed by atoms with Crippen LogP contribution in [0.4, 0.5) is 5.69 Å². The summed E-state index contributed by atoms with van der Waals surface area (Å²) in [5.41, 5.74) is 0.592. The quantitative estimate of drug-likeness (QED) is 0.882. The first-order valence-electron chi connectivity index (χ1n) is 5.20. The second kappa shape index (κ2) is 5.29. The molecule has 0 atom stereocenters. The van der Waals surface area contributed by atoms with Crippen molar-refractivity contribution in [2.45, 2.75) is 18.2 Å². The lowest BCUT2D eigenvalue weighted by Crippen LogP contribution is -2.22. The summed E-state index contributed by atoms with van der Waals surface area (Å²) in [6.45, 7) is 1.75. The van der Waals surface area contributed by atoms with E-state index in [9.17, 15) is 13.2 Å². The van der Waals surface area contributed by atoms with E-state index in [0.29, 0.717) is 12.1 Å². The molecule has 0 aliphatic heterocycles.